The number of amides is 1. The number of hydrogen-bond donors (Lipinski definition) is 2. The van der Waals surface area contributed by atoms with Crippen LogP contribution in [-0.4, -0.2) is 54.2 Å². The molecule has 1 amide bonds. The molecule has 1 aromatic rings. The molecule has 5 heteroatoms. The second-order valence-electron chi connectivity index (χ2n) is 6.05. The van der Waals surface area contributed by atoms with Crippen LogP contribution in [0.5, 0.6) is 0 Å². The first-order valence-corrected chi connectivity index (χ1v) is 8.13. The van der Waals surface area contributed by atoms with Crippen molar-refractivity contribution in [1.82, 2.24) is 15.2 Å². The monoisotopic (exact) mass is 305 g/mol. The first-order valence-electron chi connectivity index (χ1n) is 8.13. The molecule has 2 N–H and O–H groups in total. The number of nitrogens with one attached hydrogen (secondary N) is 1. The molecular weight excluding hydrogens is 278 g/mol. The van der Waals surface area contributed by atoms with Crippen LogP contribution in [0, 0.1) is 6.92 Å². The second-order valence-corrected chi connectivity index (χ2v) is 6.05. The van der Waals surface area contributed by atoms with Crippen molar-refractivity contribution in [1.29, 1.82) is 0 Å². The molecule has 2 heterocycles. The van der Waals surface area contributed by atoms with Crippen molar-refractivity contribution < 1.29 is 9.90 Å². The maximum Gasteiger partial charge on any atom is 0.220 e. The maximum absolute atomic E-state index is 11.4. The SMILES string of the molecule is CNC(=O)CCc1cc(C)nc(C2CCN(CCO)CC2)c1. The van der Waals surface area contributed by atoms with Crippen LogP contribution in [0.1, 0.15) is 42.1 Å². The molecule has 0 saturated carbocycles. The summed E-state index contributed by atoms with van der Waals surface area (Å²) >= 11 is 0. The van der Waals surface area contributed by atoms with Crippen molar-refractivity contribution in [2.45, 2.75) is 38.5 Å². The van der Waals surface area contributed by atoms with Gasteiger partial charge in [0.25, 0.3) is 0 Å². The van der Waals surface area contributed by atoms with Gasteiger partial charge in [0.2, 0.25) is 5.91 Å². The number of hydrogen-bond acceptors (Lipinski definition) is 4. The zero-order valence-electron chi connectivity index (χ0n) is 13.6. The van der Waals surface area contributed by atoms with Gasteiger partial charge >= 0.3 is 0 Å². The van der Waals surface area contributed by atoms with Gasteiger partial charge in [-0.25, -0.2) is 0 Å². The number of rotatable bonds is 6. The van der Waals surface area contributed by atoms with Crippen molar-refractivity contribution in [3.63, 3.8) is 0 Å². The number of nitrogens with zero attached hydrogens (tertiary/aromatic N) is 2. The lowest BCUT2D eigenvalue weighted by Crippen LogP contribution is -2.35. The van der Waals surface area contributed by atoms with E-state index in [1.165, 1.54) is 5.56 Å². The van der Waals surface area contributed by atoms with Gasteiger partial charge in [-0.1, -0.05) is 0 Å². The van der Waals surface area contributed by atoms with Crippen molar-refractivity contribution in [3.8, 4) is 0 Å². The quantitative estimate of drug-likeness (QED) is 0.830. The second kappa shape index (κ2) is 8.25. The fourth-order valence-corrected chi connectivity index (χ4v) is 3.10. The molecule has 0 aliphatic carbocycles. The van der Waals surface area contributed by atoms with Crippen LogP contribution in [0.2, 0.25) is 0 Å². The van der Waals surface area contributed by atoms with Gasteiger partial charge < -0.3 is 15.3 Å². The van der Waals surface area contributed by atoms with E-state index in [9.17, 15) is 4.79 Å². The number of aliphatic hydroxyl groups is 1. The lowest BCUT2D eigenvalue weighted by molar-refractivity contribution is -0.120. The fraction of sp³-hybridized carbons (Fsp3) is 0.647. The van der Waals surface area contributed by atoms with E-state index in [2.05, 4.69) is 22.3 Å². The Morgan fingerprint density at radius 2 is 2.14 bits per heavy atom. The van der Waals surface area contributed by atoms with Crippen molar-refractivity contribution in [2.75, 3.05) is 33.3 Å². The highest BCUT2D eigenvalue weighted by atomic mass is 16.3. The first kappa shape index (κ1) is 16.9. The molecule has 0 atom stereocenters. The third kappa shape index (κ3) is 4.78. The molecule has 122 valence electrons. The topological polar surface area (TPSA) is 65.5 Å². The van der Waals surface area contributed by atoms with E-state index in [-0.39, 0.29) is 12.5 Å². The molecule has 0 unspecified atom stereocenters. The third-order valence-corrected chi connectivity index (χ3v) is 4.37. The molecular formula is C17H27N3O2. The molecule has 5 nitrogen and oxygen atoms in total. The average molecular weight is 305 g/mol. The molecule has 22 heavy (non-hydrogen) atoms. The molecule has 1 saturated heterocycles. The van der Waals surface area contributed by atoms with Gasteiger partial charge in [0.15, 0.2) is 0 Å². The zero-order chi connectivity index (χ0) is 15.9. The summed E-state index contributed by atoms with van der Waals surface area (Å²) in [5.74, 6) is 0.571. The van der Waals surface area contributed by atoms with Crippen LogP contribution in [-0.2, 0) is 11.2 Å². The lowest BCUT2D eigenvalue weighted by atomic mass is 9.91. The Bertz CT molecular complexity index is 497. The number of aryl methyl sites for hydroxylation is 2. The van der Waals surface area contributed by atoms with Gasteiger partial charge in [0.05, 0.1) is 6.61 Å². The van der Waals surface area contributed by atoms with Crippen molar-refractivity contribution >= 4 is 5.91 Å². The van der Waals surface area contributed by atoms with Gasteiger partial charge in [-0.3, -0.25) is 9.78 Å². The molecule has 0 radical (unpaired) electrons. The van der Waals surface area contributed by atoms with Crippen molar-refractivity contribution in [2.24, 2.45) is 0 Å². The molecule has 2 rings (SSSR count). The van der Waals surface area contributed by atoms with Crippen LogP contribution in [0.25, 0.3) is 0 Å². The Labute approximate surface area is 132 Å². The fourth-order valence-electron chi connectivity index (χ4n) is 3.10. The van der Waals surface area contributed by atoms with Gasteiger partial charge in [-0.2, -0.15) is 0 Å². The minimum Gasteiger partial charge on any atom is -0.395 e. The summed E-state index contributed by atoms with van der Waals surface area (Å²) in [4.78, 5) is 18.4. The molecule has 0 spiro atoms. The summed E-state index contributed by atoms with van der Waals surface area (Å²) in [6.45, 7) is 5.07. The summed E-state index contributed by atoms with van der Waals surface area (Å²) in [5.41, 5.74) is 3.39. The average Bonchev–Trinajstić information content (AvgIpc) is 2.53. The van der Waals surface area contributed by atoms with Crippen LogP contribution >= 0.6 is 0 Å². The zero-order valence-corrected chi connectivity index (χ0v) is 13.6. The van der Waals surface area contributed by atoms with E-state index in [4.69, 9.17) is 10.1 Å². The van der Waals surface area contributed by atoms with E-state index in [0.29, 0.717) is 12.3 Å². The number of β-amino-alcohol motifs (C(OH)–C–C–N with tert-alkyl or cyclic N) is 1. The summed E-state index contributed by atoms with van der Waals surface area (Å²) in [6, 6.07) is 4.25. The number of aromatic nitrogens is 1. The van der Waals surface area contributed by atoms with Crippen LogP contribution in [0.3, 0.4) is 0 Å². The van der Waals surface area contributed by atoms with E-state index in [0.717, 1.165) is 50.3 Å². The van der Waals surface area contributed by atoms with E-state index in [1.54, 1.807) is 7.05 Å². The Balaban J connectivity index is 1.99. The smallest absolute Gasteiger partial charge is 0.220 e. The predicted molar refractivity (Wildman–Crippen MR) is 86.9 cm³/mol. The minimum atomic E-state index is 0.0772. The van der Waals surface area contributed by atoms with Gasteiger partial charge in [0, 0.05) is 37.3 Å². The highest BCUT2D eigenvalue weighted by molar-refractivity contribution is 5.75. The highest BCUT2D eigenvalue weighted by Gasteiger charge is 2.21. The Kier molecular flexibility index (Phi) is 6.34. The largest absolute Gasteiger partial charge is 0.395 e. The molecule has 0 bridgehead atoms. The third-order valence-electron chi connectivity index (χ3n) is 4.37. The standard InChI is InChI=1S/C17H27N3O2/c1-13-11-14(3-4-17(22)18-2)12-16(19-13)15-5-7-20(8-6-15)9-10-21/h11-12,15,21H,3-10H2,1-2H3,(H,18,22). The number of pyridine rings is 1. The van der Waals surface area contributed by atoms with Crippen LogP contribution in [0.15, 0.2) is 12.1 Å². The normalized spacial score (nSPS) is 16.7. The number of carbonyl (C=O) groups excluding carboxylic acids is 1. The number of piperidine rings is 1. The summed E-state index contributed by atoms with van der Waals surface area (Å²) in [7, 11) is 1.67. The van der Waals surface area contributed by atoms with E-state index in [1.807, 2.05) is 6.92 Å². The molecule has 1 fully saturated rings. The summed E-state index contributed by atoms with van der Waals surface area (Å²) < 4.78 is 0. The predicted octanol–water partition coefficient (Wildman–Crippen LogP) is 1.24. The molecule has 0 aromatic carbocycles. The Morgan fingerprint density at radius 1 is 1.41 bits per heavy atom. The van der Waals surface area contributed by atoms with Gasteiger partial charge in [-0.05, 0) is 57.0 Å². The number of carbonyl (C=O) groups is 1. The van der Waals surface area contributed by atoms with Crippen molar-refractivity contribution in [3.05, 3.63) is 29.1 Å². The number of likely N-dealkylation sites (tertiary alicyclic amines) is 1. The van der Waals surface area contributed by atoms with E-state index >= 15 is 0 Å². The number of aliphatic hydroxyl groups excluding tert-OH is 1. The molecule has 1 aliphatic rings. The maximum atomic E-state index is 11.4. The van der Waals surface area contributed by atoms with Crippen LogP contribution in [0.4, 0.5) is 0 Å². The van der Waals surface area contributed by atoms with Crippen LogP contribution < -0.4 is 5.32 Å². The lowest BCUT2D eigenvalue weighted by Gasteiger charge is -2.31. The summed E-state index contributed by atoms with van der Waals surface area (Å²) in [5, 5.41) is 11.7. The first-order chi connectivity index (χ1) is 10.6. The molecule has 1 aromatic heterocycles. The molecule has 1 aliphatic heterocycles. The Hall–Kier alpha value is -1.46. The van der Waals surface area contributed by atoms with Gasteiger partial charge in [0.1, 0.15) is 0 Å². The summed E-state index contributed by atoms with van der Waals surface area (Å²) in [6.07, 6.45) is 3.46. The Morgan fingerprint density at radius 3 is 2.77 bits per heavy atom. The highest BCUT2D eigenvalue weighted by Crippen LogP contribution is 2.27. The minimum absolute atomic E-state index is 0.0772. The van der Waals surface area contributed by atoms with E-state index < -0.39 is 0 Å². The van der Waals surface area contributed by atoms with Gasteiger partial charge in [-0.15, -0.1) is 0 Å².